The highest BCUT2D eigenvalue weighted by Crippen LogP contribution is 2.58. The zero-order valence-corrected chi connectivity index (χ0v) is 19.3. The van der Waals surface area contributed by atoms with Crippen molar-refractivity contribution >= 4 is 10.9 Å². The minimum atomic E-state index is 0.0821. The third-order valence-electron chi connectivity index (χ3n) is 8.45. The lowest BCUT2D eigenvalue weighted by Crippen LogP contribution is -2.51. The first-order valence-corrected chi connectivity index (χ1v) is 11.7. The van der Waals surface area contributed by atoms with Gasteiger partial charge in [-0.05, 0) is 71.4 Å². The summed E-state index contributed by atoms with van der Waals surface area (Å²) in [5, 5.41) is 12.0. The van der Waals surface area contributed by atoms with Crippen molar-refractivity contribution in [3.05, 3.63) is 63.8 Å². The molecule has 0 saturated carbocycles. The van der Waals surface area contributed by atoms with E-state index in [0.717, 1.165) is 19.3 Å². The molecule has 2 atom stereocenters. The molecule has 0 amide bonds. The van der Waals surface area contributed by atoms with E-state index in [1.54, 1.807) is 0 Å². The van der Waals surface area contributed by atoms with E-state index in [9.17, 15) is 5.11 Å². The molecule has 0 bridgehead atoms. The number of rotatable bonds is 2. The fourth-order valence-electron chi connectivity index (χ4n) is 7.18. The standard InChI is InChI=1S/C28H35NO/c1-7-17-9-8-10-18-20-15-28(6)21-12-13-22(30)24(16(2)3)19(21)11-14-23(28)27(4,5)26(20)29-25(17)18/h8-10,12-13,16,23,29-30H,7,11,14-15H2,1-6H3/t23?,28-/m1/s1. The van der Waals surface area contributed by atoms with Gasteiger partial charge in [0, 0.05) is 27.4 Å². The molecule has 0 spiro atoms. The lowest BCUT2D eigenvalue weighted by atomic mass is 9.49. The molecule has 0 aliphatic heterocycles. The zero-order chi connectivity index (χ0) is 21.4. The Morgan fingerprint density at radius 2 is 1.87 bits per heavy atom. The van der Waals surface area contributed by atoms with Crippen LogP contribution in [0.1, 0.15) is 87.4 Å². The number of fused-ring (bicyclic) bond motifs is 6. The minimum Gasteiger partial charge on any atom is -0.508 e. The summed E-state index contributed by atoms with van der Waals surface area (Å²) >= 11 is 0. The summed E-state index contributed by atoms with van der Waals surface area (Å²) in [6.07, 6.45) is 4.36. The van der Waals surface area contributed by atoms with Crippen LogP contribution < -0.4 is 0 Å². The van der Waals surface area contributed by atoms with Crippen molar-refractivity contribution in [2.75, 3.05) is 0 Å². The Morgan fingerprint density at radius 1 is 1.10 bits per heavy atom. The van der Waals surface area contributed by atoms with E-state index in [0.29, 0.717) is 17.6 Å². The molecule has 0 saturated heterocycles. The fourth-order valence-corrected chi connectivity index (χ4v) is 7.18. The maximum atomic E-state index is 10.6. The van der Waals surface area contributed by atoms with E-state index in [1.165, 1.54) is 50.8 Å². The highest BCUT2D eigenvalue weighted by molar-refractivity contribution is 5.88. The molecule has 1 heterocycles. The number of aryl methyl sites for hydroxylation is 1. The van der Waals surface area contributed by atoms with Gasteiger partial charge in [-0.3, -0.25) is 0 Å². The number of hydrogen-bond acceptors (Lipinski definition) is 1. The normalized spacial score (nSPS) is 24.6. The molecule has 2 aliphatic carbocycles. The van der Waals surface area contributed by atoms with Crippen LogP contribution in [0.15, 0.2) is 30.3 Å². The Balaban J connectivity index is 1.77. The molecule has 0 fully saturated rings. The van der Waals surface area contributed by atoms with Gasteiger partial charge in [-0.1, -0.05) is 65.8 Å². The van der Waals surface area contributed by atoms with E-state index < -0.39 is 0 Å². The van der Waals surface area contributed by atoms with Gasteiger partial charge in [0.15, 0.2) is 0 Å². The van der Waals surface area contributed by atoms with Gasteiger partial charge < -0.3 is 10.1 Å². The second-order valence-corrected chi connectivity index (χ2v) is 10.8. The molecule has 2 aliphatic rings. The molecule has 5 rings (SSSR count). The molecular formula is C28H35NO. The van der Waals surface area contributed by atoms with Gasteiger partial charge >= 0.3 is 0 Å². The Morgan fingerprint density at radius 3 is 2.57 bits per heavy atom. The first-order valence-electron chi connectivity index (χ1n) is 11.7. The van der Waals surface area contributed by atoms with Crippen LogP contribution in [-0.2, 0) is 30.1 Å². The number of benzene rings is 2. The van der Waals surface area contributed by atoms with Gasteiger partial charge in [-0.2, -0.15) is 0 Å². The average molecular weight is 402 g/mol. The van der Waals surface area contributed by atoms with Gasteiger partial charge in [0.1, 0.15) is 5.75 Å². The van der Waals surface area contributed by atoms with Gasteiger partial charge in [-0.15, -0.1) is 0 Å². The highest BCUT2D eigenvalue weighted by atomic mass is 16.3. The van der Waals surface area contributed by atoms with Crippen LogP contribution in [0.2, 0.25) is 0 Å². The molecule has 30 heavy (non-hydrogen) atoms. The van der Waals surface area contributed by atoms with E-state index >= 15 is 0 Å². The van der Waals surface area contributed by atoms with Crippen LogP contribution in [0.4, 0.5) is 0 Å². The quantitative estimate of drug-likeness (QED) is 0.481. The minimum absolute atomic E-state index is 0.0821. The van der Waals surface area contributed by atoms with Crippen LogP contribution in [0.5, 0.6) is 5.75 Å². The maximum Gasteiger partial charge on any atom is 0.119 e. The molecule has 0 radical (unpaired) electrons. The van der Waals surface area contributed by atoms with Crippen molar-refractivity contribution in [3.63, 3.8) is 0 Å². The van der Waals surface area contributed by atoms with Crippen LogP contribution >= 0.6 is 0 Å². The predicted octanol–water partition coefficient (Wildman–Crippen LogP) is 6.91. The number of phenols is 1. The lowest BCUT2D eigenvalue weighted by Gasteiger charge is -2.54. The van der Waals surface area contributed by atoms with Crippen LogP contribution in [-0.4, -0.2) is 10.1 Å². The summed E-state index contributed by atoms with van der Waals surface area (Å²) in [4.78, 5) is 3.90. The van der Waals surface area contributed by atoms with Crippen molar-refractivity contribution in [2.24, 2.45) is 5.92 Å². The number of aromatic amines is 1. The number of hydrogen-bond donors (Lipinski definition) is 2. The topological polar surface area (TPSA) is 36.0 Å². The molecule has 2 N–H and O–H groups in total. The van der Waals surface area contributed by atoms with Crippen LogP contribution in [0, 0.1) is 5.92 Å². The molecule has 2 nitrogen and oxygen atoms in total. The number of aromatic hydroxyl groups is 1. The number of aromatic nitrogens is 1. The summed E-state index contributed by atoms with van der Waals surface area (Å²) in [6, 6.07) is 11.0. The SMILES string of the molecule is CCc1cccc2c3c([nH]c12)C(C)(C)C1CCc2c(ccc(O)c2C(C)C)[C@@]1(C)C3. The van der Waals surface area contributed by atoms with E-state index in [1.807, 2.05) is 6.07 Å². The second-order valence-electron chi connectivity index (χ2n) is 10.8. The number of phenolic OH excluding ortho intramolecular Hbond substituents is 1. The average Bonchev–Trinajstić information content (AvgIpc) is 3.06. The van der Waals surface area contributed by atoms with Gasteiger partial charge in [0.2, 0.25) is 0 Å². The van der Waals surface area contributed by atoms with Crippen LogP contribution in [0.3, 0.4) is 0 Å². The number of para-hydroxylation sites is 1. The molecular weight excluding hydrogens is 366 g/mol. The molecule has 2 heteroatoms. The van der Waals surface area contributed by atoms with Gasteiger partial charge in [0.25, 0.3) is 0 Å². The third kappa shape index (κ3) is 2.43. The molecule has 3 aromatic rings. The van der Waals surface area contributed by atoms with Crippen molar-refractivity contribution < 1.29 is 5.11 Å². The lowest BCUT2D eigenvalue weighted by molar-refractivity contribution is 0.137. The first-order chi connectivity index (χ1) is 14.2. The zero-order valence-electron chi connectivity index (χ0n) is 19.3. The molecule has 158 valence electrons. The van der Waals surface area contributed by atoms with Crippen molar-refractivity contribution in [2.45, 2.75) is 84.0 Å². The molecule has 1 aromatic heterocycles. The smallest absolute Gasteiger partial charge is 0.119 e. The van der Waals surface area contributed by atoms with E-state index in [-0.39, 0.29) is 10.8 Å². The Bertz CT molecular complexity index is 1150. The van der Waals surface area contributed by atoms with E-state index in [4.69, 9.17) is 0 Å². The number of nitrogens with one attached hydrogen (secondary N) is 1. The second kappa shape index (κ2) is 6.39. The predicted molar refractivity (Wildman–Crippen MR) is 126 cm³/mol. The third-order valence-corrected chi connectivity index (χ3v) is 8.45. The summed E-state index contributed by atoms with van der Waals surface area (Å²) in [7, 11) is 0. The van der Waals surface area contributed by atoms with Crippen molar-refractivity contribution in [1.82, 2.24) is 4.98 Å². The Kier molecular flexibility index (Phi) is 4.20. The monoisotopic (exact) mass is 401 g/mol. The van der Waals surface area contributed by atoms with Crippen molar-refractivity contribution in [1.29, 1.82) is 0 Å². The first kappa shape index (κ1) is 19.7. The fraction of sp³-hybridized carbons (Fsp3) is 0.500. The van der Waals surface area contributed by atoms with Gasteiger partial charge in [-0.25, -0.2) is 0 Å². The maximum absolute atomic E-state index is 10.6. The molecule has 1 unspecified atom stereocenters. The summed E-state index contributed by atoms with van der Waals surface area (Å²) in [5.74, 6) is 1.39. The van der Waals surface area contributed by atoms with Gasteiger partial charge in [0.05, 0.1) is 0 Å². The van der Waals surface area contributed by atoms with Crippen LogP contribution in [0.25, 0.3) is 10.9 Å². The summed E-state index contributed by atoms with van der Waals surface area (Å²) < 4.78 is 0. The Labute approximate surface area is 180 Å². The number of H-pyrrole nitrogens is 1. The van der Waals surface area contributed by atoms with Crippen molar-refractivity contribution in [3.8, 4) is 5.75 Å². The Hall–Kier alpha value is -2.22. The highest BCUT2D eigenvalue weighted by Gasteiger charge is 2.53. The summed E-state index contributed by atoms with van der Waals surface area (Å²) in [5.41, 5.74) is 9.94. The van der Waals surface area contributed by atoms with E-state index in [2.05, 4.69) is 70.8 Å². The summed E-state index contributed by atoms with van der Waals surface area (Å²) in [6.45, 7) is 14.0. The largest absolute Gasteiger partial charge is 0.508 e. The molecule has 2 aromatic carbocycles.